The number of H-pyrrole nitrogens is 1. The van der Waals surface area contributed by atoms with Gasteiger partial charge in [0.15, 0.2) is 0 Å². The van der Waals surface area contributed by atoms with Gasteiger partial charge in [-0.3, -0.25) is 4.79 Å². The van der Waals surface area contributed by atoms with E-state index >= 15 is 0 Å². The monoisotopic (exact) mass is 190 g/mol. The predicted molar refractivity (Wildman–Crippen MR) is 55.5 cm³/mol. The Kier molecular flexibility index (Phi) is 1.89. The van der Waals surface area contributed by atoms with Crippen LogP contribution in [0, 0.1) is 0 Å². The topological polar surface area (TPSA) is 68.1 Å². The molecule has 0 bridgehead atoms. The number of ether oxygens (including phenoxy) is 1. The molecule has 1 aromatic heterocycles. The molecule has 0 fully saturated rings. The van der Waals surface area contributed by atoms with E-state index in [2.05, 4.69) is 4.98 Å². The first-order chi connectivity index (χ1) is 6.70. The van der Waals surface area contributed by atoms with Crippen LogP contribution in [-0.2, 0) is 0 Å². The molecule has 4 nitrogen and oxygen atoms in total. The SMILES string of the molecule is COc1ccc2[nH]c(=O)c(N)cc2c1. The lowest BCUT2D eigenvalue weighted by atomic mass is 10.2. The maximum atomic E-state index is 11.2. The van der Waals surface area contributed by atoms with E-state index in [1.165, 1.54) is 0 Å². The highest BCUT2D eigenvalue weighted by Crippen LogP contribution is 2.18. The molecular weight excluding hydrogens is 180 g/mol. The fourth-order valence-electron chi connectivity index (χ4n) is 1.33. The highest BCUT2D eigenvalue weighted by atomic mass is 16.5. The quantitative estimate of drug-likeness (QED) is 0.708. The summed E-state index contributed by atoms with van der Waals surface area (Å²) in [5.74, 6) is 0.740. The summed E-state index contributed by atoms with van der Waals surface area (Å²) in [7, 11) is 1.59. The smallest absolute Gasteiger partial charge is 0.271 e. The van der Waals surface area contributed by atoms with E-state index in [1.807, 2.05) is 6.07 Å². The number of pyridine rings is 1. The van der Waals surface area contributed by atoms with Crippen molar-refractivity contribution in [2.24, 2.45) is 0 Å². The van der Waals surface area contributed by atoms with Crippen LogP contribution in [0.5, 0.6) is 5.75 Å². The van der Waals surface area contributed by atoms with Gasteiger partial charge in [-0.1, -0.05) is 0 Å². The molecule has 4 heteroatoms. The fraction of sp³-hybridized carbons (Fsp3) is 0.100. The minimum absolute atomic E-state index is 0.214. The largest absolute Gasteiger partial charge is 0.497 e. The van der Waals surface area contributed by atoms with Gasteiger partial charge in [-0.25, -0.2) is 0 Å². The summed E-state index contributed by atoms with van der Waals surface area (Å²) >= 11 is 0. The number of benzene rings is 1. The summed E-state index contributed by atoms with van der Waals surface area (Å²) in [6.45, 7) is 0. The second kappa shape index (κ2) is 3.06. The van der Waals surface area contributed by atoms with Crippen molar-refractivity contribution in [3.63, 3.8) is 0 Å². The highest BCUT2D eigenvalue weighted by molar-refractivity contribution is 5.82. The Balaban J connectivity index is 2.77. The Morgan fingerprint density at radius 3 is 2.86 bits per heavy atom. The zero-order valence-electron chi connectivity index (χ0n) is 7.70. The maximum absolute atomic E-state index is 11.2. The number of aromatic nitrogens is 1. The molecule has 0 spiro atoms. The lowest BCUT2D eigenvalue weighted by Crippen LogP contribution is -2.10. The second-order valence-electron chi connectivity index (χ2n) is 3.01. The number of fused-ring (bicyclic) bond motifs is 1. The average molecular weight is 190 g/mol. The Morgan fingerprint density at radius 2 is 2.14 bits per heavy atom. The van der Waals surface area contributed by atoms with Crippen LogP contribution in [0.3, 0.4) is 0 Å². The fourth-order valence-corrected chi connectivity index (χ4v) is 1.33. The van der Waals surface area contributed by atoms with E-state index < -0.39 is 0 Å². The van der Waals surface area contributed by atoms with E-state index in [0.29, 0.717) is 0 Å². The zero-order chi connectivity index (χ0) is 10.1. The van der Waals surface area contributed by atoms with Gasteiger partial charge in [-0.15, -0.1) is 0 Å². The number of methoxy groups -OCH3 is 1. The summed E-state index contributed by atoms with van der Waals surface area (Å²) in [4.78, 5) is 13.8. The minimum Gasteiger partial charge on any atom is -0.497 e. The standard InChI is InChI=1S/C10H10N2O2/c1-14-7-2-3-9-6(4-7)5-8(11)10(13)12-9/h2-5H,11H2,1H3,(H,12,13). The predicted octanol–water partition coefficient (Wildman–Crippen LogP) is 1.12. The van der Waals surface area contributed by atoms with E-state index in [9.17, 15) is 4.79 Å². The Bertz CT molecular complexity index is 531. The van der Waals surface area contributed by atoms with Crippen molar-refractivity contribution < 1.29 is 4.74 Å². The molecule has 1 aromatic carbocycles. The van der Waals surface area contributed by atoms with Gasteiger partial charge in [0.2, 0.25) is 0 Å². The number of hydrogen-bond acceptors (Lipinski definition) is 3. The Morgan fingerprint density at radius 1 is 1.36 bits per heavy atom. The van der Waals surface area contributed by atoms with Crippen molar-refractivity contribution in [1.29, 1.82) is 0 Å². The van der Waals surface area contributed by atoms with Gasteiger partial charge in [0, 0.05) is 10.9 Å². The van der Waals surface area contributed by atoms with E-state index in [-0.39, 0.29) is 11.2 Å². The van der Waals surface area contributed by atoms with Crippen molar-refractivity contribution in [2.75, 3.05) is 12.8 Å². The number of hydrogen-bond donors (Lipinski definition) is 2. The zero-order valence-corrected chi connectivity index (χ0v) is 7.70. The number of anilines is 1. The Hall–Kier alpha value is -1.97. The number of nitrogens with one attached hydrogen (secondary N) is 1. The van der Waals surface area contributed by atoms with Gasteiger partial charge >= 0.3 is 0 Å². The van der Waals surface area contributed by atoms with Crippen LogP contribution < -0.4 is 16.0 Å². The molecule has 72 valence electrons. The number of aromatic amines is 1. The molecular formula is C10H10N2O2. The molecule has 2 rings (SSSR count). The lowest BCUT2D eigenvalue weighted by Gasteiger charge is -2.02. The third kappa shape index (κ3) is 1.31. The van der Waals surface area contributed by atoms with Crippen molar-refractivity contribution >= 4 is 16.6 Å². The number of rotatable bonds is 1. The van der Waals surface area contributed by atoms with E-state index in [4.69, 9.17) is 10.5 Å². The van der Waals surface area contributed by atoms with Crippen LogP contribution in [0.15, 0.2) is 29.1 Å². The van der Waals surface area contributed by atoms with Gasteiger partial charge in [-0.05, 0) is 24.3 Å². The number of nitrogen functional groups attached to an aromatic ring is 1. The van der Waals surface area contributed by atoms with E-state index in [1.54, 1.807) is 25.3 Å². The van der Waals surface area contributed by atoms with Gasteiger partial charge in [0.25, 0.3) is 5.56 Å². The summed E-state index contributed by atoms with van der Waals surface area (Å²) in [5.41, 5.74) is 6.20. The molecule has 0 aliphatic rings. The molecule has 0 aliphatic carbocycles. The van der Waals surface area contributed by atoms with Crippen molar-refractivity contribution in [1.82, 2.24) is 4.98 Å². The molecule has 0 atom stereocenters. The van der Waals surface area contributed by atoms with Gasteiger partial charge < -0.3 is 15.5 Å². The first kappa shape index (κ1) is 8.62. The number of nitrogens with two attached hydrogens (primary N) is 1. The average Bonchev–Trinajstić information content (AvgIpc) is 2.19. The third-order valence-electron chi connectivity index (χ3n) is 2.08. The summed E-state index contributed by atoms with van der Waals surface area (Å²) in [6.07, 6.45) is 0. The molecule has 0 amide bonds. The van der Waals surface area contributed by atoms with Crippen LogP contribution in [0.1, 0.15) is 0 Å². The van der Waals surface area contributed by atoms with Crippen LogP contribution >= 0.6 is 0 Å². The maximum Gasteiger partial charge on any atom is 0.271 e. The van der Waals surface area contributed by atoms with Gasteiger partial charge in [0.05, 0.1) is 12.8 Å². The second-order valence-corrected chi connectivity index (χ2v) is 3.01. The first-order valence-corrected chi connectivity index (χ1v) is 4.17. The van der Waals surface area contributed by atoms with Gasteiger partial charge in [0.1, 0.15) is 5.75 Å². The highest BCUT2D eigenvalue weighted by Gasteiger charge is 2.00. The van der Waals surface area contributed by atoms with E-state index in [0.717, 1.165) is 16.7 Å². The molecule has 3 N–H and O–H groups in total. The van der Waals surface area contributed by atoms with Gasteiger partial charge in [-0.2, -0.15) is 0 Å². The van der Waals surface area contributed by atoms with Crippen molar-refractivity contribution in [3.8, 4) is 5.75 Å². The summed E-state index contributed by atoms with van der Waals surface area (Å²) < 4.78 is 5.06. The first-order valence-electron chi connectivity index (χ1n) is 4.17. The van der Waals surface area contributed by atoms with Crippen molar-refractivity contribution in [3.05, 3.63) is 34.6 Å². The normalized spacial score (nSPS) is 10.4. The molecule has 2 aromatic rings. The molecule has 1 heterocycles. The van der Waals surface area contributed by atoms with Crippen LogP contribution in [0.2, 0.25) is 0 Å². The van der Waals surface area contributed by atoms with Crippen molar-refractivity contribution in [2.45, 2.75) is 0 Å². The Labute approximate surface area is 80.3 Å². The van der Waals surface area contributed by atoms with Crippen LogP contribution in [0.4, 0.5) is 5.69 Å². The molecule has 0 radical (unpaired) electrons. The molecule has 0 unspecified atom stereocenters. The minimum atomic E-state index is -0.261. The molecule has 14 heavy (non-hydrogen) atoms. The molecule has 0 saturated carbocycles. The summed E-state index contributed by atoms with van der Waals surface area (Å²) in [6, 6.07) is 7.03. The van der Waals surface area contributed by atoms with Crippen LogP contribution in [0.25, 0.3) is 10.9 Å². The van der Waals surface area contributed by atoms with Crippen LogP contribution in [-0.4, -0.2) is 12.1 Å². The molecule has 0 saturated heterocycles. The summed E-state index contributed by atoms with van der Waals surface area (Å²) in [5, 5.41) is 0.862. The lowest BCUT2D eigenvalue weighted by molar-refractivity contribution is 0.415. The third-order valence-corrected chi connectivity index (χ3v) is 2.08. The molecule has 0 aliphatic heterocycles.